The number of rotatable bonds is 2. The van der Waals surface area contributed by atoms with Crippen molar-refractivity contribution in [3.63, 3.8) is 0 Å². The fraction of sp³-hybridized carbons (Fsp3) is 0.400. The van der Waals surface area contributed by atoms with Gasteiger partial charge in [-0.25, -0.2) is 0 Å². The zero-order valence-electron chi connectivity index (χ0n) is 7.25. The fourth-order valence-electron chi connectivity index (χ4n) is 1.35. The third kappa shape index (κ3) is 2.07. The van der Waals surface area contributed by atoms with Crippen molar-refractivity contribution in [1.29, 1.82) is 0 Å². The summed E-state index contributed by atoms with van der Waals surface area (Å²) in [4.78, 5) is 0. The molecule has 0 amide bonds. The van der Waals surface area contributed by atoms with E-state index in [2.05, 4.69) is 34.7 Å². The van der Waals surface area contributed by atoms with Crippen LogP contribution in [-0.4, -0.2) is 17.6 Å². The highest BCUT2D eigenvalue weighted by molar-refractivity contribution is 14.1. The second kappa shape index (κ2) is 4.17. The number of alkyl halides is 1. The minimum atomic E-state index is 0.665. The van der Waals surface area contributed by atoms with E-state index < -0.39 is 0 Å². The number of hydrogen-bond acceptors (Lipinski definition) is 2. The first-order valence-corrected chi connectivity index (χ1v) is 5.87. The summed E-state index contributed by atoms with van der Waals surface area (Å²) in [6, 6.07) is 6.18. The molecule has 70 valence electrons. The quantitative estimate of drug-likeness (QED) is 0.615. The van der Waals surface area contributed by atoms with Crippen LogP contribution in [0.3, 0.4) is 0 Å². The van der Waals surface area contributed by atoms with Gasteiger partial charge in [-0.3, -0.25) is 0 Å². The smallest absolute Gasteiger partial charge is 0.161 e. The van der Waals surface area contributed by atoms with Gasteiger partial charge in [-0.05, 0) is 24.1 Å². The summed E-state index contributed by atoms with van der Waals surface area (Å²) in [5.41, 5.74) is 1.32. The Morgan fingerprint density at radius 1 is 1.15 bits per heavy atom. The number of ether oxygens (including phenoxy) is 2. The lowest BCUT2D eigenvalue weighted by Gasteiger charge is -2.18. The van der Waals surface area contributed by atoms with Crippen LogP contribution in [0, 0.1) is 0 Å². The van der Waals surface area contributed by atoms with Gasteiger partial charge in [0.1, 0.15) is 13.2 Å². The van der Waals surface area contributed by atoms with Crippen LogP contribution in [0.2, 0.25) is 0 Å². The Morgan fingerprint density at radius 2 is 1.92 bits per heavy atom. The largest absolute Gasteiger partial charge is 0.486 e. The third-order valence-electron chi connectivity index (χ3n) is 1.99. The van der Waals surface area contributed by atoms with Gasteiger partial charge in [0.2, 0.25) is 0 Å². The van der Waals surface area contributed by atoms with Crippen LogP contribution in [0.15, 0.2) is 18.2 Å². The Labute approximate surface area is 91.4 Å². The van der Waals surface area contributed by atoms with Crippen LogP contribution in [-0.2, 0) is 6.42 Å². The van der Waals surface area contributed by atoms with Crippen LogP contribution < -0.4 is 9.47 Å². The summed E-state index contributed by atoms with van der Waals surface area (Å²) in [5, 5.41) is 0. The molecule has 0 bridgehead atoms. The maximum absolute atomic E-state index is 5.48. The van der Waals surface area contributed by atoms with Crippen LogP contribution in [0.1, 0.15) is 5.56 Å². The molecular weight excluding hydrogens is 279 g/mol. The van der Waals surface area contributed by atoms with Crippen LogP contribution in [0.5, 0.6) is 11.5 Å². The predicted molar refractivity (Wildman–Crippen MR) is 60.0 cm³/mol. The molecule has 2 nitrogen and oxygen atoms in total. The summed E-state index contributed by atoms with van der Waals surface area (Å²) in [6.45, 7) is 1.33. The van der Waals surface area contributed by atoms with E-state index in [0.717, 1.165) is 22.3 Å². The van der Waals surface area contributed by atoms with Crippen molar-refractivity contribution < 1.29 is 9.47 Å². The Kier molecular flexibility index (Phi) is 2.93. The van der Waals surface area contributed by atoms with E-state index in [0.29, 0.717) is 13.2 Å². The molecule has 1 aliphatic heterocycles. The van der Waals surface area contributed by atoms with Crippen molar-refractivity contribution in [1.82, 2.24) is 0 Å². The predicted octanol–water partition coefficient (Wildman–Crippen LogP) is 2.44. The average molecular weight is 290 g/mol. The molecule has 13 heavy (non-hydrogen) atoms. The molecule has 0 aliphatic carbocycles. The van der Waals surface area contributed by atoms with E-state index in [1.54, 1.807) is 0 Å². The molecule has 0 N–H and O–H groups in total. The monoisotopic (exact) mass is 290 g/mol. The highest BCUT2D eigenvalue weighted by atomic mass is 127. The lowest BCUT2D eigenvalue weighted by Crippen LogP contribution is -2.15. The fourth-order valence-corrected chi connectivity index (χ4v) is 1.98. The van der Waals surface area contributed by atoms with Crippen molar-refractivity contribution in [2.75, 3.05) is 17.6 Å². The Balaban J connectivity index is 2.24. The van der Waals surface area contributed by atoms with Crippen molar-refractivity contribution in [3.05, 3.63) is 23.8 Å². The maximum atomic E-state index is 5.48. The van der Waals surface area contributed by atoms with Crippen LogP contribution in [0.4, 0.5) is 0 Å². The Morgan fingerprint density at radius 3 is 2.69 bits per heavy atom. The molecule has 1 heterocycles. The molecule has 0 atom stereocenters. The lowest BCUT2D eigenvalue weighted by molar-refractivity contribution is 0.171. The van der Waals surface area contributed by atoms with E-state index in [-0.39, 0.29) is 0 Å². The number of hydrogen-bond donors (Lipinski definition) is 0. The summed E-state index contributed by atoms with van der Waals surface area (Å²) in [5.74, 6) is 1.78. The van der Waals surface area contributed by atoms with Crippen LogP contribution >= 0.6 is 22.6 Å². The van der Waals surface area contributed by atoms with Crippen molar-refractivity contribution in [2.24, 2.45) is 0 Å². The maximum Gasteiger partial charge on any atom is 0.161 e. The summed E-state index contributed by atoms with van der Waals surface area (Å²) < 4.78 is 12.0. The van der Waals surface area contributed by atoms with Crippen molar-refractivity contribution in [3.8, 4) is 11.5 Å². The molecule has 1 aromatic carbocycles. The van der Waals surface area contributed by atoms with E-state index in [4.69, 9.17) is 9.47 Å². The Hall–Kier alpha value is -0.450. The first-order valence-electron chi connectivity index (χ1n) is 4.34. The molecule has 1 aromatic rings. The summed E-state index contributed by atoms with van der Waals surface area (Å²) >= 11 is 2.37. The minimum Gasteiger partial charge on any atom is -0.486 e. The molecule has 0 radical (unpaired) electrons. The van der Waals surface area contributed by atoms with E-state index >= 15 is 0 Å². The molecule has 0 saturated carbocycles. The normalized spacial score (nSPS) is 14.2. The van der Waals surface area contributed by atoms with E-state index in [1.807, 2.05) is 6.07 Å². The van der Waals surface area contributed by atoms with E-state index in [1.165, 1.54) is 5.56 Å². The van der Waals surface area contributed by atoms with Gasteiger partial charge in [-0.2, -0.15) is 0 Å². The second-order valence-electron chi connectivity index (χ2n) is 2.92. The van der Waals surface area contributed by atoms with Gasteiger partial charge in [0.05, 0.1) is 0 Å². The van der Waals surface area contributed by atoms with Gasteiger partial charge >= 0.3 is 0 Å². The molecule has 0 fully saturated rings. The van der Waals surface area contributed by atoms with Gasteiger partial charge in [0.15, 0.2) is 11.5 Å². The van der Waals surface area contributed by atoms with Gasteiger partial charge in [-0.1, -0.05) is 28.7 Å². The lowest BCUT2D eigenvalue weighted by atomic mass is 10.1. The van der Waals surface area contributed by atoms with Gasteiger partial charge in [0.25, 0.3) is 0 Å². The standard InChI is InChI=1S/C10H11IO2/c11-4-3-8-1-2-9-10(7-8)13-6-5-12-9/h1-2,7H,3-6H2. The molecule has 3 heteroatoms. The third-order valence-corrected chi connectivity index (χ3v) is 2.53. The number of fused-ring (bicyclic) bond motifs is 1. The average Bonchev–Trinajstić information content (AvgIpc) is 2.18. The molecule has 0 unspecified atom stereocenters. The SMILES string of the molecule is ICCc1ccc2c(c1)OCCO2. The van der Waals surface area contributed by atoms with E-state index in [9.17, 15) is 0 Å². The number of halogens is 1. The molecule has 0 aromatic heterocycles. The number of benzene rings is 1. The molecule has 1 aliphatic rings. The highest BCUT2D eigenvalue weighted by Crippen LogP contribution is 2.30. The minimum absolute atomic E-state index is 0.665. The molecule has 0 spiro atoms. The zero-order valence-corrected chi connectivity index (χ0v) is 9.41. The second-order valence-corrected chi connectivity index (χ2v) is 4.00. The summed E-state index contributed by atoms with van der Waals surface area (Å²) in [7, 11) is 0. The number of aryl methyl sites for hydroxylation is 1. The summed E-state index contributed by atoms with van der Waals surface area (Å²) in [6.07, 6.45) is 1.09. The highest BCUT2D eigenvalue weighted by Gasteiger charge is 2.10. The van der Waals surface area contributed by atoms with Gasteiger partial charge in [0, 0.05) is 4.43 Å². The first kappa shape index (κ1) is 9.12. The molecule has 2 rings (SSSR count). The molecule has 0 saturated heterocycles. The Bertz CT molecular complexity index is 299. The zero-order chi connectivity index (χ0) is 9.10. The molecular formula is C10H11IO2. The van der Waals surface area contributed by atoms with Crippen molar-refractivity contribution >= 4 is 22.6 Å². The van der Waals surface area contributed by atoms with Crippen LogP contribution in [0.25, 0.3) is 0 Å². The van der Waals surface area contributed by atoms with Gasteiger partial charge in [-0.15, -0.1) is 0 Å². The topological polar surface area (TPSA) is 18.5 Å². The first-order chi connectivity index (χ1) is 6.40. The van der Waals surface area contributed by atoms with Gasteiger partial charge < -0.3 is 9.47 Å². The van der Waals surface area contributed by atoms with Crippen molar-refractivity contribution in [2.45, 2.75) is 6.42 Å².